The second-order valence-electron chi connectivity index (χ2n) is 4.72. The van der Waals surface area contributed by atoms with Crippen LogP contribution < -0.4 is 4.74 Å². The minimum atomic E-state index is 0.370. The van der Waals surface area contributed by atoms with Crippen LogP contribution in [-0.2, 0) is 0 Å². The molecule has 0 aliphatic carbocycles. The maximum atomic E-state index is 5.58. The van der Waals surface area contributed by atoms with Crippen molar-refractivity contribution < 1.29 is 4.74 Å². The molecule has 2 nitrogen and oxygen atoms in total. The summed E-state index contributed by atoms with van der Waals surface area (Å²) in [6.45, 7) is 8.62. The van der Waals surface area contributed by atoms with Crippen molar-refractivity contribution in [2.45, 2.75) is 33.7 Å². The SMILES string of the molecule is COc1c(C)c(C)cc(C)c1C(C)N(C)C. The van der Waals surface area contributed by atoms with E-state index in [0.29, 0.717) is 6.04 Å². The van der Waals surface area contributed by atoms with Crippen LogP contribution in [0.3, 0.4) is 0 Å². The lowest BCUT2D eigenvalue weighted by Gasteiger charge is -2.26. The van der Waals surface area contributed by atoms with E-state index in [1.165, 1.54) is 22.3 Å². The molecule has 0 bridgehead atoms. The van der Waals surface area contributed by atoms with Crippen LogP contribution in [0.15, 0.2) is 6.07 Å². The van der Waals surface area contributed by atoms with Gasteiger partial charge in [0.1, 0.15) is 5.75 Å². The maximum absolute atomic E-state index is 5.58. The zero-order valence-electron chi connectivity index (χ0n) is 11.5. The van der Waals surface area contributed by atoms with E-state index in [9.17, 15) is 0 Å². The number of methoxy groups -OCH3 is 1. The highest BCUT2D eigenvalue weighted by Crippen LogP contribution is 2.35. The predicted molar refractivity (Wildman–Crippen MR) is 69.3 cm³/mol. The van der Waals surface area contributed by atoms with Gasteiger partial charge in [-0.2, -0.15) is 0 Å². The van der Waals surface area contributed by atoms with E-state index >= 15 is 0 Å². The Balaban J connectivity index is 3.42. The average molecular weight is 221 g/mol. The molecule has 1 atom stereocenters. The highest BCUT2D eigenvalue weighted by molar-refractivity contribution is 5.51. The highest BCUT2D eigenvalue weighted by Gasteiger charge is 2.18. The first kappa shape index (κ1) is 13.0. The Kier molecular flexibility index (Phi) is 3.98. The van der Waals surface area contributed by atoms with Crippen molar-refractivity contribution in [2.24, 2.45) is 0 Å². The lowest BCUT2D eigenvalue weighted by Crippen LogP contribution is -2.19. The third-order valence-corrected chi connectivity index (χ3v) is 3.43. The number of hydrogen-bond acceptors (Lipinski definition) is 2. The second-order valence-corrected chi connectivity index (χ2v) is 4.72. The molecule has 1 unspecified atom stereocenters. The minimum Gasteiger partial charge on any atom is -0.496 e. The summed E-state index contributed by atoms with van der Waals surface area (Å²) in [6, 6.07) is 2.61. The largest absolute Gasteiger partial charge is 0.496 e. The Morgan fingerprint density at radius 2 is 1.69 bits per heavy atom. The first-order valence-corrected chi connectivity index (χ1v) is 5.71. The van der Waals surface area contributed by atoms with E-state index < -0.39 is 0 Å². The summed E-state index contributed by atoms with van der Waals surface area (Å²) in [4.78, 5) is 2.21. The summed E-state index contributed by atoms with van der Waals surface area (Å²) in [6.07, 6.45) is 0. The third-order valence-electron chi connectivity index (χ3n) is 3.43. The molecule has 0 amide bonds. The van der Waals surface area contributed by atoms with Gasteiger partial charge in [0, 0.05) is 11.6 Å². The molecule has 0 fully saturated rings. The van der Waals surface area contributed by atoms with Gasteiger partial charge in [0.05, 0.1) is 7.11 Å². The van der Waals surface area contributed by atoms with Crippen molar-refractivity contribution >= 4 is 0 Å². The molecule has 0 N–H and O–H groups in total. The maximum Gasteiger partial charge on any atom is 0.127 e. The molecule has 0 radical (unpaired) electrons. The molecule has 16 heavy (non-hydrogen) atoms. The van der Waals surface area contributed by atoms with E-state index in [4.69, 9.17) is 4.74 Å². The number of ether oxygens (including phenoxy) is 1. The van der Waals surface area contributed by atoms with E-state index in [1.54, 1.807) is 7.11 Å². The van der Waals surface area contributed by atoms with Crippen LogP contribution >= 0.6 is 0 Å². The molecule has 1 aromatic carbocycles. The van der Waals surface area contributed by atoms with Gasteiger partial charge in [-0.15, -0.1) is 0 Å². The first-order chi connectivity index (χ1) is 7.40. The van der Waals surface area contributed by atoms with E-state index in [2.05, 4.69) is 52.8 Å². The number of aryl methyl sites for hydroxylation is 2. The molecule has 0 aliphatic heterocycles. The van der Waals surface area contributed by atoms with Gasteiger partial charge >= 0.3 is 0 Å². The van der Waals surface area contributed by atoms with Gasteiger partial charge in [-0.05, 0) is 58.5 Å². The predicted octanol–water partition coefficient (Wildman–Crippen LogP) is 3.24. The second kappa shape index (κ2) is 4.88. The molecular weight excluding hydrogens is 198 g/mol. The van der Waals surface area contributed by atoms with Crippen molar-refractivity contribution in [2.75, 3.05) is 21.2 Å². The normalized spacial score (nSPS) is 13.0. The van der Waals surface area contributed by atoms with Crippen LogP contribution in [0.2, 0.25) is 0 Å². The Bertz CT molecular complexity index is 383. The average Bonchev–Trinajstić information content (AvgIpc) is 2.21. The molecule has 0 saturated heterocycles. The van der Waals surface area contributed by atoms with E-state index in [0.717, 1.165) is 5.75 Å². The monoisotopic (exact) mass is 221 g/mol. The number of nitrogens with zero attached hydrogens (tertiary/aromatic N) is 1. The van der Waals surface area contributed by atoms with E-state index in [-0.39, 0.29) is 0 Å². The van der Waals surface area contributed by atoms with Gasteiger partial charge in [0.25, 0.3) is 0 Å². The van der Waals surface area contributed by atoms with Crippen molar-refractivity contribution in [3.05, 3.63) is 28.3 Å². The van der Waals surface area contributed by atoms with Gasteiger partial charge in [-0.3, -0.25) is 0 Å². The molecule has 0 spiro atoms. The smallest absolute Gasteiger partial charge is 0.127 e. The molecule has 0 heterocycles. The van der Waals surface area contributed by atoms with Crippen molar-refractivity contribution in [3.63, 3.8) is 0 Å². The van der Waals surface area contributed by atoms with Crippen LogP contribution in [0, 0.1) is 20.8 Å². The molecular formula is C14H23NO. The van der Waals surface area contributed by atoms with Crippen molar-refractivity contribution in [1.82, 2.24) is 4.90 Å². The van der Waals surface area contributed by atoms with Crippen LogP contribution in [0.4, 0.5) is 0 Å². The number of rotatable bonds is 3. The van der Waals surface area contributed by atoms with Gasteiger partial charge < -0.3 is 9.64 Å². The van der Waals surface area contributed by atoms with Gasteiger partial charge in [-0.25, -0.2) is 0 Å². The van der Waals surface area contributed by atoms with Crippen LogP contribution in [0.1, 0.15) is 35.2 Å². The Morgan fingerprint density at radius 3 is 2.12 bits per heavy atom. The summed E-state index contributed by atoms with van der Waals surface area (Å²) in [5.74, 6) is 1.04. The first-order valence-electron chi connectivity index (χ1n) is 5.71. The lowest BCUT2D eigenvalue weighted by molar-refractivity contribution is 0.306. The van der Waals surface area contributed by atoms with Crippen LogP contribution in [0.5, 0.6) is 5.75 Å². The lowest BCUT2D eigenvalue weighted by atomic mass is 9.94. The summed E-state index contributed by atoms with van der Waals surface area (Å²) in [5.41, 5.74) is 5.15. The minimum absolute atomic E-state index is 0.370. The Labute approximate surface area is 99.2 Å². The molecule has 0 aliphatic rings. The van der Waals surface area contributed by atoms with Crippen LogP contribution in [-0.4, -0.2) is 26.1 Å². The summed E-state index contributed by atoms with van der Waals surface area (Å²) < 4.78 is 5.58. The topological polar surface area (TPSA) is 12.5 Å². The van der Waals surface area contributed by atoms with Gasteiger partial charge in [0.2, 0.25) is 0 Å². The highest BCUT2D eigenvalue weighted by atomic mass is 16.5. The fourth-order valence-corrected chi connectivity index (χ4v) is 2.11. The zero-order chi connectivity index (χ0) is 12.5. The molecule has 1 aromatic rings. The fourth-order valence-electron chi connectivity index (χ4n) is 2.11. The number of benzene rings is 1. The van der Waals surface area contributed by atoms with Crippen molar-refractivity contribution in [1.29, 1.82) is 0 Å². The zero-order valence-corrected chi connectivity index (χ0v) is 11.5. The fraction of sp³-hybridized carbons (Fsp3) is 0.571. The number of hydrogen-bond donors (Lipinski definition) is 0. The molecule has 90 valence electrons. The van der Waals surface area contributed by atoms with Crippen LogP contribution in [0.25, 0.3) is 0 Å². The van der Waals surface area contributed by atoms with Gasteiger partial charge in [0.15, 0.2) is 0 Å². The molecule has 2 heteroatoms. The quantitative estimate of drug-likeness (QED) is 0.777. The Hall–Kier alpha value is -1.02. The Morgan fingerprint density at radius 1 is 1.12 bits per heavy atom. The molecule has 0 saturated carbocycles. The molecule has 1 rings (SSSR count). The summed E-state index contributed by atoms with van der Waals surface area (Å²) in [7, 11) is 5.95. The standard InChI is InChI=1S/C14H23NO/c1-9-8-10(2)13(12(4)15(5)6)14(16-7)11(9)3/h8,12H,1-7H3. The molecule has 0 aromatic heterocycles. The van der Waals surface area contributed by atoms with Crippen molar-refractivity contribution in [3.8, 4) is 5.75 Å². The third kappa shape index (κ3) is 2.22. The summed E-state index contributed by atoms with van der Waals surface area (Å²) >= 11 is 0. The van der Waals surface area contributed by atoms with E-state index in [1.807, 2.05) is 0 Å². The summed E-state index contributed by atoms with van der Waals surface area (Å²) in [5, 5.41) is 0. The van der Waals surface area contributed by atoms with Gasteiger partial charge in [-0.1, -0.05) is 6.07 Å².